The predicted molar refractivity (Wildman–Crippen MR) is 88.4 cm³/mol. The summed E-state index contributed by atoms with van der Waals surface area (Å²) in [5.41, 5.74) is 0. The molecule has 2 aliphatic heterocycles. The lowest BCUT2D eigenvalue weighted by Gasteiger charge is -2.37. The molecule has 0 bridgehead atoms. The van der Waals surface area contributed by atoms with Crippen LogP contribution in [0.25, 0.3) is 0 Å². The molecule has 1 N–H and O–H groups in total. The minimum absolute atomic E-state index is 0.439. The van der Waals surface area contributed by atoms with Crippen molar-refractivity contribution in [1.29, 1.82) is 0 Å². The highest BCUT2D eigenvalue weighted by Crippen LogP contribution is 2.17. The summed E-state index contributed by atoms with van der Waals surface area (Å²) in [6.07, 6.45) is 6.03. The van der Waals surface area contributed by atoms with E-state index in [0.717, 1.165) is 57.6 Å². The average molecular weight is 305 g/mol. The first-order valence-electron chi connectivity index (χ1n) is 8.51. The molecule has 1 aromatic heterocycles. The molecule has 122 valence electrons. The second-order valence-corrected chi connectivity index (χ2v) is 6.05. The van der Waals surface area contributed by atoms with Crippen LogP contribution in [-0.2, 0) is 4.74 Å². The summed E-state index contributed by atoms with van der Waals surface area (Å²) < 4.78 is 5.85. The smallest absolute Gasteiger partial charge is 0.227 e. The minimum atomic E-state index is 0.439. The number of hydrogen-bond acceptors (Lipinski definition) is 6. The summed E-state index contributed by atoms with van der Waals surface area (Å²) in [5.74, 6) is 1.75. The fourth-order valence-corrected chi connectivity index (χ4v) is 3.15. The Bertz CT molecular complexity index is 456. The molecule has 0 saturated carbocycles. The van der Waals surface area contributed by atoms with E-state index in [0.29, 0.717) is 6.10 Å². The summed E-state index contributed by atoms with van der Waals surface area (Å²) in [5, 5.41) is 3.25. The highest BCUT2D eigenvalue weighted by Gasteiger charge is 2.23. The normalized spacial score (nSPS) is 23.5. The number of nitrogens with one attached hydrogen (secondary N) is 1. The molecule has 2 saturated heterocycles. The van der Waals surface area contributed by atoms with Gasteiger partial charge in [0.2, 0.25) is 5.95 Å². The van der Waals surface area contributed by atoms with Crippen molar-refractivity contribution >= 4 is 11.8 Å². The summed E-state index contributed by atoms with van der Waals surface area (Å²) in [6, 6.07) is 1.92. The first kappa shape index (κ1) is 15.5. The van der Waals surface area contributed by atoms with Crippen LogP contribution in [0.4, 0.5) is 11.8 Å². The molecule has 2 aliphatic rings. The molecule has 2 fully saturated rings. The largest absolute Gasteiger partial charge is 0.377 e. The van der Waals surface area contributed by atoms with Gasteiger partial charge in [0.25, 0.3) is 0 Å². The zero-order valence-corrected chi connectivity index (χ0v) is 13.5. The Hall–Kier alpha value is -1.40. The number of ether oxygens (including phenoxy) is 1. The summed E-state index contributed by atoms with van der Waals surface area (Å²) in [4.78, 5) is 13.8. The van der Waals surface area contributed by atoms with Crippen LogP contribution < -0.4 is 10.2 Å². The van der Waals surface area contributed by atoms with E-state index in [1.807, 2.05) is 12.3 Å². The molecule has 1 atom stereocenters. The van der Waals surface area contributed by atoms with E-state index in [9.17, 15) is 0 Å². The maximum absolute atomic E-state index is 5.85. The minimum Gasteiger partial charge on any atom is -0.377 e. The quantitative estimate of drug-likeness (QED) is 0.892. The van der Waals surface area contributed by atoms with Crippen LogP contribution in [0.3, 0.4) is 0 Å². The van der Waals surface area contributed by atoms with Crippen LogP contribution in [0.15, 0.2) is 12.3 Å². The summed E-state index contributed by atoms with van der Waals surface area (Å²) in [7, 11) is 0. The van der Waals surface area contributed by atoms with Crippen molar-refractivity contribution in [3.63, 3.8) is 0 Å². The lowest BCUT2D eigenvalue weighted by molar-refractivity contribution is -0.00648. The van der Waals surface area contributed by atoms with Crippen molar-refractivity contribution < 1.29 is 4.74 Å². The van der Waals surface area contributed by atoms with E-state index >= 15 is 0 Å². The second-order valence-electron chi connectivity index (χ2n) is 6.05. The van der Waals surface area contributed by atoms with Crippen LogP contribution in [0.1, 0.15) is 26.2 Å². The number of hydrogen-bond donors (Lipinski definition) is 1. The Kier molecular flexibility index (Phi) is 5.45. The van der Waals surface area contributed by atoms with E-state index in [2.05, 4.69) is 32.0 Å². The monoisotopic (exact) mass is 305 g/mol. The molecule has 1 unspecified atom stereocenters. The lowest BCUT2D eigenvalue weighted by Crippen LogP contribution is -2.49. The third-order valence-corrected chi connectivity index (χ3v) is 4.39. The molecule has 0 aromatic carbocycles. The van der Waals surface area contributed by atoms with Crippen molar-refractivity contribution in [3.05, 3.63) is 12.3 Å². The number of rotatable bonds is 5. The molecule has 0 spiro atoms. The van der Waals surface area contributed by atoms with E-state index in [-0.39, 0.29) is 0 Å². The van der Waals surface area contributed by atoms with Gasteiger partial charge in [0.15, 0.2) is 0 Å². The molecule has 3 rings (SSSR count). The van der Waals surface area contributed by atoms with Crippen molar-refractivity contribution in [1.82, 2.24) is 14.9 Å². The van der Waals surface area contributed by atoms with Crippen LogP contribution >= 0.6 is 0 Å². The zero-order chi connectivity index (χ0) is 15.2. The van der Waals surface area contributed by atoms with Gasteiger partial charge in [-0.25, -0.2) is 4.98 Å². The summed E-state index contributed by atoms with van der Waals surface area (Å²) >= 11 is 0. The molecule has 0 amide bonds. The van der Waals surface area contributed by atoms with Gasteiger partial charge in [0.05, 0.1) is 6.10 Å². The third kappa shape index (κ3) is 4.08. The molecular formula is C16H27N5O. The van der Waals surface area contributed by atoms with Crippen molar-refractivity contribution in [2.45, 2.75) is 32.3 Å². The Balaban J connectivity index is 1.49. The van der Waals surface area contributed by atoms with Gasteiger partial charge in [-0.05, 0) is 32.3 Å². The first-order chi connectivity index (χ1) is 10.8. The number of nitrogens with zero attached hydrogens (tertiary/aromatic N) is 4. The van der Waals surface area contributed by atoms with E-state index in [1.54, 1.807) is 0 Å². The van der Waals surface area contributed by atoms with Gasteiger partial charge in [0.1, 0.15) is 5.82 Å². The Morgan fingerprint density at radius 1 is 1.27 bits per heavy atom. The Labute approximate surface area is 132 Å². The maximum Gasteiger partial charge on any atom is 0.227 e. The van der Waals surface area contributed by atoms with Crippen LogP contribution in [0, 0.1) is 0 Å². The average Bonchev–Trinajstić information content (AvgIpc) is 2.57. The van der Waals surface area contributed by atoms with Gasteiger partial charge in [-0.15, -0.1) is 0 Å². The Morgan fingerprint density at radius 2 is 2.14 bits per heavy atom. The number of piperazine rings is 1. The van der Waals surface area contributed by atoms with Gasteiger partial charge < -0.3 is 15.0 Å². The Morgan fingerprint density at radius 3 is 2.86 bits per heavy atom. The molecule has 1 aromatic rings. The first-order valence-corrected chi connectivity index (χ1v) is 8.51. The highest BCUT2D eigenvalue weighted by molar-refractivity contribution is 5.41. The third-order valence-electron chi connectivity index (χ3n) is 4.39. The van der Waals surface area contributed by atoms with Crippen LogP contribution in [-0.4, -0.2) is 66.8 Å². The number of anilines is 2. The highest BCUT2D eigenvalue weighted by atomic mass is 16.5. The van der Waals surface area contributed by atoms with Gasteiger partial charge in [-0.1, -0.05) is 0 Å². The maximum atomic E-state index is 5.85. The summed E-state index contributed by atoms with van der Waals surface area (Å²) in [6.45, 7) is 9.08. The van der Waals surface area contributed by atoms with Crippen LogP contribution in [0.2, 0.25) is 0 Å². The topological polar surface area (TPSA) is 53.5 Å². The van der Waals surface area contributed by atoms with Gasteiger partial charge in [0, 0.05) is 52.1 Å². The van der Waals surface area contributed by atoms with E-state index in [1.165, 1.54) is 19.3 Å². The molecule has 22 heavy (non-hydrogen) atoms. The molecule has 6 nitrogen and oxygen atoms in total. The van der Waals surface area contributed by atoms with E-state index in [4.69, 9.17) is 4.74 Å². The second kappa shape index (κ2) is 7.74. The predicted octanol–water partition coefficient (Wildman–Crippen LogP) is 1.60. The zero-order valence-electron chi connectivity index (χ0n) is 13.5. The van der Waals surface area contributed by atoms with E-state index < -0.39 is 0 Å². The molecule has 0 aliphatic carbocycles. The van der Waals surface area contributed by atoms with Crippen molar-refractivity contribution in [3.8, 4) is 0 Å². The van der Waals surface area contributed by atoms with Crippen molar-refractivity contribution in [2.24, 2.45) is 0 Å². The van der Waals surface area contributed by atoms with Gasteiger partial charge >= 0.3 is 0 Å². The number of aromatic nitrogens is 2. The molecule has 0 radical (unpaired) electrons. The molecule has 3 heterocycles. The van der Waals surface area contributed by atoms with Gasteiger partial charge in [-0.3, -0.25) is 4.90 Å². The van der Waals surface area contributed by atoms with Gasteiger partial charge in [-0.2, -0.15) is 4.98 Å². The fourth-order valence-electron chi connectivity index (χ4n) is 3.15. The lowest BCUT2D eigenvalue weighted by atomic mass is 10.1. The SMILES string of the molecule is CCNc1ccnc(N2CCN(CC3CCCCO3)CC2)n1. The fraction of sp³-hybridized carbons (Fsp3) is 0.750. The van der Waals surface area contributed by atoms with Crippen molar-refractivity contribution in [2.75, 3.05) is 56.1 Å². The standard InChI is InChI=1S/C16H27N5O/c1-2-17-15-6-7-18-16(19-15)21-10-8-20(9-11-21)13-14-5-3-4-12-22-14/h6-7,14H,2-5,8-13H2,1H3,(H,17,18,19). The molecule has 6 heteroatoms. The van der Waals surface area contributed by atoms with Crippen LogP contribution in [0.5, 0.6) is 0 Å². The molecular weight excluding hydrogens is 278 g/mol.